The van der Waals surface area contributed by atoms with E-state index in [-0.39, 0.29) is 5.97 Å². The van der Waals surface area contributed by atoms with E-state index in [2.05, 4.69) is 4.90 Å². The zero-order chi connectivity index (χ0) is 13.8. The molecule has 0 radical (unpaired) electrons. The first-order valence-electron chi connectivity index (χ1n) is 6.37. The summed E-state index contributed by atoms with van der Waals surface area (Å²) in [6.45, 7) is 2.60. The maximum Gasteiger partial charge on any atom is 0.337 e. The van der Waals surface area contributed by atoms with Crippen LogP contribution in [0.25, 0.3) is 0 Å². The minimum absolute atomic E-state index is 0.339. The molecule has 1 aliphatic heterocycles. The van der Waals surface area contributed by atoms with Crippen LogP contribution in [0.5, 0.6) is 0 Å². The Morgan fingerprint density at radius 2 is 2.26 bits per heavy atom. The van der Waals surface area contributed by atoms with E-state index in [0.717, 1.165) is 31.8 Å². The first kappa shape index (κ1) is 13.7. The van der Waals surface area contributed by atoms with Gasteiger partial charge in [-0.3, -0.25) is 0 Å². The van der Waals surface area contributed by atoms with Gasteiger partial charge in [0.15, 0.2) is 0 Å². The van der Waals surface area contributed by atoms with Gasteiger partial charge in [-0.1, -0.05) is 0 Å². The predicted molar refractivity (Wildman–Crippen MR) is 74.4 cm³/mol. The Kier molecular flexibility index (Phi) is 4.27. The topological polar surface area (TPSA) is 64.8 Å². The van der Waals surface area contributed by atoms with Crippen LogP contribution in [0.4, 0.5) is 11.4 Å². The SMILES string of the molecule is COCC1CCN(c2cc(C(=O)OC)ccc2N)C1. The quantitative estimate of drug-likeness (QED) is 0.660. The summed E-state index contributed by atoms with van der Waals surface area (Å²) in [6, 6.07) is 5.24. The van der Waals surface area contributed by atoms with Crippen LogP contribution in [-0.4, -0.2) is 39.9 Å². The number of nitrogen functional groups attached to an aromatic ring is 1. The van der Waals surface area contributed by atoms with Gasteiger partial charge >= 0.3 is 5.97 Å². The highest BCUT2D eigenvalue weighted by Gasteiger charge is 2.24. The molecule has 0 spiro atoms. The zero-order valence-electron chi connectivity index (χ0n) is 11.4. The Balaban J connectivity index is 2.18. The molecule has 1 fully saturated rings. The van der Waals surface area contributed by atoms with Gasteiger partial charge in [-0.05, 0) is 24.6 Å². The second-order valence-corrected chi connectivity index (χ2v) is 4.82. The van der Waals surface area contributed by atoms with E-state index < -0.39 is 0 Å². The van der Waals surface area contributed by atoms with E-state index in [1.807, 2.05) is 0 Å². The molecule has 0 saturated carbocycles. The third kappa shape index (κ3) is 2.98. The van der Waals surface area contributed by atoms with E-state index in [9.17, 15) is 4.79 Å². The Morgan fingerprint density at radius 3 is 2.95 bits per heavy atom. The van der Waals surface area contributed by atoms with Crippen LogP contribution in [0.15, 0.2) is 18.2 Å². The number of methoxy groups -OCH3 is 2. The third-order valence-corrected chi connectivity index (χ3v) is 3.48. The van der Waals surface area contributed by atoms with Gasteiger partial charge in [0.25, 0.3) is 0 Å². The molecule has 0 bridgehead atoms. The second kappa shape index (κ2) is 5.93. The van der Waals surface area contributed by atoms with Crippen LogP contribution in [0.1, 0.15) is 16.8 Å². The van der Waals surface area contributed by atoms with Crippen molar-refractivity contribution in [2.24, 2.45) is 5.92 Å². The highest BCUT2D eigenvalue weighted by molar-refractivity contribution is 5.92. The number of nitrogens with zero attached hydrogens (tertiary/aromatic N) is 1. The molecule has 5 nitrogen and oxygen atoms in total. The van der Waals surface area contributed by atoms with Crippen LogP contribution in [-0.2, 0) is 9.47 Å². The van der Waals surface area contributed by atoms with Gasteiger partial charge in [-0.2, -0.15) is 0 Å². The van der Waals surface area contributed by atoms with Crippen molar-refractivity contribution < 1.29 is 14.3 Å². The van der Waals surface area contributed by atoms with Gasteiger partial charge in [0, 0.05) is 26.1 Å². The Labute approximate surface area is 113 Å². The predicted octanol–water partition coefficient (Wildman–Crippen LogP) is 1.53. The van der Waals surface area contributed by atoms with Crippen LogP contribution >= 0.6 is 0 Å². The number of hydrogen-bond donors (Lipinski definition) is 1. The normalized spacial score (nSPS) is 18.6. The lowest BCUT2D eigenvalue weighted by atomic mass is 10.1. The summed E-state index contributed by atoms with van der Waals surface area (Å²) in [7, 11) is 3.09. The van der Waals surface area contributed by atoms with Crippen LogP contribution in [0.2, 0.25) is 0 Å². The first-order chi connectivity index (χ1) is 9.15. The van der Waals surface area contributed by atoms with Crippen molar-refractivity contribution in [3.05, 3.63) is 23.8 Å². The standard InChI is InChI=1S/C14H20N2O3/c1-18-9-10-5-6-16(8-10)13-7-11(14(17)19-2)3-4-12(13)15/h3-4,7,10H,5-6,8-9,15H2,1-2H3. The van der Waals surface area contributed by atoms with Crippen LogP contribution in [0, 0.1) is 5.92 Å². The monoisotopic (exact) mass is 264 g/mol. The molecule has 1 aromatic carbocycles. The summed E-state index contributed by atoms with van der Waals surface area (Å²) < 4.78 is 9.92. The average molecular weight is 264 g/mol. The molecule has 2 N–H and O–H groups in total. The summed E-state index contributed by atoms with van der Waals surface area (Å²) >= 11 is 0. The van der Waals surface area contributed by atoms with Crippen LogP contribution < -0.4 is 10.6 Å². The van der Waals surface area contributed by atoms with Crippen molar-refractivity contribution in [2.45, 2.75) is 6.42 Å². The summed E-state index contributed by atoms with van der Waals surface area (Å²) in [6.07, 6.45) is 1.08. The van der Waals surface area contributed by atoms with Crippen molar-refractivity contribution in [3.8, 4) is 0 Å². The lowest BCUT2D eigenvalue weighted by Gasteiger charge is -2.21. The molecule has 1 aliphatic rings. The van der Waals surface area contributed by atoms with E-state index in [1.165, 1.54) is 7.11 Å². The Bertz CT molecular complexity index is 462. The van der Waals surface area contributed by atoms with Gasteiger partial charge in [-0.15, -0.1) is 0 Å². The van der Waals surface area contributed by atoms with Crippen molar-refractivity contribution in [2.75, 3.05) is 44.5 Å². The summed E-state index contributed by atoms with van der Waals surface area (Å²) in [5, 5.41) is 0. The number of carbonyl (C=O) groups is 1. The number of carbonyl (C=O) groups excluding carboxylic acids is 1. The van der Waals surface area contributed by atoms with E-state index in [1.54, 1.807) is 25.3 Å². The average Bonchev–Trinajstić information content (AvgIpc) is 2.87. The van der Waals surface area contributed by atoms with E-state index in [4.69, 9.17) is 15.2 Å². The number of nitrogens with two attached hydrogens (primary N) is 1. The molecule has 2 rings (SSSR count). The molecular weight excluding hydrogens is 244 g/mol. The molecular formula is C14H20N2O3. The maximum absolute atomic E-state index is 11.6. The van der Waals surface area contributed by atoms with E-state index >= 15 is 0 Å². The lowest BCUT2D eigenvalue weighted by molar-refractivity contribution is 0.0601. The fraction of sp³-hybridized carbons (Fsp3) is 0.500. The number of benzene rings is 1. The highest BCUT2D eigenvalue weighted by atomic mass is 16.5. The van der Waals surface area contributed by atoms with Crippen molar-refractivity contribution in [1.29, 1.82) is 0 Å². The van der Waals surface area contributed by atoms with Crippen molar-refractivity contribution in [1.82, 2.24) is 0 Å². The molecule has 0 aromatic heterocycles. The molecule has 5 heteroatoms. The Morgan fingerprint density at radius 1 is 1.47 bits per heavy atom. The molecule has 1 aromatic rings. The van der Waals surface area contributed by atoms with E-state index in [0.29, 0.717) is 17.2 Å². The van der Waals surface area contributed by atoms with Crippen molar-refractivity contribution in [3.63, 3.8) is 0 Å². The smallest absolute Gasteiger partial charge is 0.337 e. The minimum Gasteiger partial charge on any atom is -0.465 e. The summed E-state index contributed by atoms with van der Waals surface area (Å²) in [5.74, 6) is 0.181. The van der Waals surface area contributed by atoms with Gasteiger partial charge < -0.3 is 20.1 Å². The molecule has 1 heterocycles. The number of rotatable bonds is 4. The first-order valence-corrected chi connectivity index (χ1v) is 6.37. The highest BCUT2D eigenvalue weighted by Crippen LogP contribution is 2.30. The number of hydrogen-bond acceptors (Lipinski definition) is 5. The molecule has 1 atom stereocenters. The summed E-state index contributed by atoms with van der Waals surface area (Å²) in [5.41, 5.74) is 8.12. The van der Waals surface area contributed by atoms with Gasteiger partial charge in [0.2, 0.25) is 0 Å². The Hall–Kier alpha value is -1.75. The number of anilines is 2. The molecule has 104 valence electrons. The molecule has 1 saturated heterocycles. The second-order valence-electron chi connectivity index (χ2n) is 4.82. The van der Waals surface area contributed by atoms with Gasteiger partial charge in [0.1, 0.15) is 0 Å². The number of ether oxygens (including phenoxy) is 2. The molecule has 0 amide bonds. The fourth-order valence-corrected chi connectivity index (χ4v) is 2.49. The zero-order valence-corrected chi connectivity index (χ0v) is 11.4. The van der Waals surface area contributed by atoms with Crippen LogP contribution in [0.3, 0.4) is 0 Å². The fourth-order valence-electron chi connectivity index (χ4n) is 2.49. The number of esters is 1. The summed E-state index contributed by atoms with van der Waals surface area (Å²) in [4.78, 5) is 13.8. The largest absolute Gasteiger partial charge is 0.465 e. The molecule has 0 aliphatic carbocycles. The lowest BCUT2D eigenvalue weighted by Crippen LogP contribution is -2.22. The maximum atomic E-state index is 11.6. The van der Waals surface area contributed by atoms with Crippen molar-refractivity contribution >= 4 is 17.3 Å². The molecule has 1 unspecified atom stereocenters. The molecule has 19 heavy (non-hydrogen) atoms. The third-order valence-electron chi connectivity index (χ3n) is 3.48. The van der Waals surface area contributed by atoms with Gasteiger partial charge in [0.05, 0.1) is 30.7 Å². The van der Waals surface area contributed by atoms with Gasteiger partial charge in [-0.25, -0.2) is 4.79 Å². The minimum atomic E-state index is -0.339.